The molecule has 0 bridgehead atoms. The molecule has 6 heteroatoms. The molecule has 1 atom stereocenters. The van der Waals surface area contributed by atoms with Gasteiger partial charge in [0.15, 0.2) is 0 Å². The highest BCUT2D eigenvalue weighted by Crippen LogP contribution is 2.39. The Morgan fingerprint density at radius 2 is 1.95 bits per heavy atom. The molecule has 2 rings (SSSR count). The van der Waals surface area contributed by atoms with E-state index in [4.69, 9.17) is 0 Å². The van der Waals surface area contributed by atoms with Gasteiger partial charge in [-0.15, -0.1) is 11.3 Å². The molecular weight excluding hydrogens is 569 g/mol. The fraction of sp³-hybridized carbons (Fsp3) is 0.231. The fourth-order valence-corrected chi connectivity index (χ4v) is 5.81. The molecular formula is C13H11Br3INS. The zero-order chi connectivity index (χ0) is 14.0. The highest BCUT2D eigenvalue weighted by molar-refractivity contribution is 14.1. The van der Waals surface area contributed by atoms with Crippen LogP contribution < -0.4 is 5.32 Å². The van der Waals surface area contributed by atoms with Crippen molar-refractivity contribution >= 4 is 81.7 Å². The summed E-state index contributed by atoms with van der Waals surface area (Å²) >= 11 is 14.9. The molecule has 0 amide bonds. The number of hydrogen-bond acceptors (Lipinski definition) is 2. The van der Waals surface area contributed by atoms with Crippen LogP contribution in [0.5, 0.6) is 0 Å². The summed E-state index contributed by atoms with van der Waals surface area (Å²) < 4.78 is 4.68. The second-order valence-corrected chi connectivity index (χ2v) is 9.76. The summed E-state index contributed by atoms with van der Waals surface area (Å²) in [5, 5.41) is 3.57. The largest absolute Gasteiger partial charge is 0.306 e. The summed E-state index contributed by atoms with van der Waals surface area (Å²) in [6, 6.07) is 8.78. The lowest BCUT2D eigenvalue weighted by molar-refractivity contribution is 0.628. The highest BCUT2D eigenvalue weighted by Gasteiger charge is 2.20. The Balaban J connectivity index is 2.51. The molecule has 0 aliphatic heterocycles. The molecule has 1 heterocycles. The van der Waals surface area contributed by atoms with E-state index in [0.29, 0.717) is 0 Å². The summed E-state index contributed by atoms with van der Waals surface area (Å²) in [4.78, 5) is 0. The Kier molecular flexibility index (Phi) is 6.36. The third-order valence-electron chi connectivity index (χ3n) is 2.67. The Morgan fingerprint density at radius 3 is 2.53 bits per heavy atom. The minimum Gasteiger partial charge on any atom is -0.306 e. The van der Waals surface area contributed by atoms with Crippen LogP contribution in [0.15, 0.2) is 36.3 Å². The molecule has 0 aliphatic rings. The molecule has 0 fully saturated rings. The van der Waals surface area contributed by atoms with Gasteiger partial charge in [0.2, 0.25) is 0 Å². The molecule has 1 aromatic carbocycles. The molecule has 0 spiro atoms. The minimum atomic E-state index is 0.200. The summed E-state index contributed by atoms with van der Waals surface area (Å²) in [5.41, 5.74) is 2.57. The quantitative estimate of drug-likeness (QED) is 0.417. The second-order valence-electron chi connectivity index (χ2n) is 3.94. The maximum absolute atomic E-state index is 3.66. The summed E-state index contributed by atoms with van der Waals surface area (Å²) in [5.74, 6) is 0. The predicted molar refractivity (Wildman–Crippen MR) is 102 cm³/mol. The monoisotopic (exact) mass is 577 g/mol. The van der Waals surface area contributed by atoms with Crippen LogP contribution >= 0.6 is 81.7 Å². The molecule has 0 saturated heterocycles. The number of hydrogen-bond donors (Lipinski definition) is 1. The average Bonchev–Trinajstić information content (AvgIpc) is 2.69. The number of benzene rings is 1. The van der Waals surface area contributed by atoms with Crippen molar-refractivity contribution in [3.63, 3.8) is 0 Å². The molecule has 0 saturated carbocycles. The molecule has 1 unspecified atom stereocenters. The van der Waals surface area contributed by atoms with E-state index in [2.05, 4.69) is 107 Å². The van der Waals surface area contributed by atoms with Gasteiger partial charge in [-0.1, -0.05) is 22.9 Å². The molecule has 19 heavy (non-hydrogen) atoms. The lowest BCUT2D eigenvalue weighted by atomic mass is 10.0. The van der Waals surface area contributed by atoms with Crippen LogP contribution in [-0.4, -0.2) is 6.54 Å². The average molecular weight is 580 g/mol. The molecule has 1 N–H and O–H groups in total. The number of rotatable bonds is 4. The van der Waals surface area contributed by atoms with E-state index in [1.807, 2.05) is 0 Å². The zero-order valence-electron chi connectivity index (χ0n) is 10.0. The van der Waals surface area contributed by atoms with Crippen molar-refractivity contribution in [1.29, 1.82) is 0 Å². The molecule has 1 nitrogen and oxygen atoms in total. The van der Waals surface area contributed by atoms with Gasteiger partial charge in [0.25, 0.3) is 0 Å². The van der Waals surface area contributed by atoms with Crippen LogP contribution in [0.2, 0.25) is 0 Å². The van der Waals surface area contributed by atoms with E-state index in [-0.39, 0.29) is 6.04 Å². The van der Waals surface area contributed by atoms with Gasteiger partial charge in [0.1, 0.15) is 0 Å². The third-order valence-corrected chi connectivity index (χ3v) is 6.53. The summed E-state index contributed by atoms with van der Waals surface area (Å²) in [7, 11) is 0. The zero-order valence-corrected chi connectivity index (χ0v) is 17.7. The van der Waals surface area contributed by atoms with Gasteiger partial charge in [0, 0.05) is 8.04 Å². The van der Waals surface area contributed by atoms with Crippen LogP contribution in [0, 0.1) is 3.57 Å². The topological polar surface area (TPSA) is 12.0 Å². The van der Waals surface area contributed by atoms with E-state index < -0.39 is 0 Å². The van der Waals surface area contributed by atoms with Gasteiger partial charge in [-0.05, 0) is 96.4 Å². The Morgan fingerprint density at radius 1 is 1.21 bits per heavy atom. The minimum absolute atomic E-state index is 0.200. The third kappa shape index (κ3) is 4.03. The standard InChI is InChI=1S/C13H11Br3INS/c1-2-18-12(9-6-11(15)19-13(9)16)8-5-7(14)3-4-10(8)17/h3-6,12,18H,2H2,1H3. The first-order chi connectivity index (χ1) is 9.02. The number of thiophene rings is 1. The summed E-state index contributed by atoms with van der Waals surface area (Å²) in [6.45, 7) is 3.06. The summed E-state index contributed by atoms with van der Waals surface area (Å²) in [6.07, 6.45) is 0. The van der Waals surface area contributed by atoms with Crippen molar-refractivity contribution in [1.82, 2.24) is 5.32 Å². The lowest BCUT2D eigenvalue weighted by Crippen LogP contribution is -2.22. The fourth-order valence-electron chi connectivity index (χ4n) is 1.88. The molecule has 1 aromatic heterocycles. The molecule has 0 aliphatic carbocycles. The van der Waals surface area contributed by atoms with Crippen molar-refractivity contribution in [3.8, 4) is 0 Å². The van der Waals surface area contributed by atoms with E-state index in [9.17, 15) is 0 Å². The van der Waals surface area contributed by atoms with Gasteiger partial charge in [0.05, 0.1) is 13.6 Å². The van der Waals surface area contributed by atoms with Crippen LogP contribution in [0.3, 0.4) is 0 Å². The first-order valence-corrected chi connectivity index (χ1v) is 9.93. The second kappa shape index (κ2) is 7.35. The maximum Gasteiger partial charge on any atom is 0.0761 e. The molecule has 2 aromatic rings. The van der Waals surface area contributed by atoms with E-state index in [1.54, 1.807) is 11.3 Å². The predicted octanol–water partition coefficient (Wildman–Crippen LogP) is 6.34. The molecule has 102 valence electrons. The van der Waals surface area contributed by atoms with Crippen molar-refractivity contribution in [3.05, 3.63) is 51.0 Å². The van der Waals surface area contributed by atoms with Gasteiger partial charge in [-0.25, -0.2) is 0 Å². The highest BCUT2D eigenvalue weighted by atomic mass is 127. The van der Waals surface area contributed by atoms with Crippen LogP contribution in [0.4, 0.5) is 0 Å². The maximum atomic E-state index is 3.66. The van der Waals surface area contributed by atoms with E-state index in [1.165, 1.54) is 18.5 Å². The van der Waals surface area contributed by atoms with Crippen molar-refractivity contribution < 1.29 is 0 Å². The Hall–Kier alpha value is 1.05. The Labute approximate surface area is 156 Å². The van der Waals surface area contributed by atoms with Crippen LogP contribution in [0.25, 0.3) is 0 Å². The van der Waals surface area contributed by atoms with Crippen LogP contribution in [0.1, 0.15) is 24.1 Å². The smallest absolute Gasteiger partial charge is 0.0761 e. The first kappa shape index (κ1) is 16.4. The van der Waals surface area contributed by atoms with Gasteiger partial charge in [-0.3, -0.25) is 0 Å². The van der Waals surface area contributed by atoms with Gasteiger partial charge in [-0.2, -0.15) is 0 Å². The normalized spacial score (nSPS) is 12.7. The van der Waals surface area contributed by atoms with Crippen molar-refractivity contribution in [2.24, 2.45) is 0 Å². The number of halogens is 4. The van der Waals surface area contributed by atoms with E-state index in [0.717, 1.165) is 14.8 Å². The SMILES string of the molecule is CCNC(c1cc(Br)ccc1I)c1cc(Br)sc1Br. The number of nitrogens with one attached hydrogen (secondary N) is 1. The lowest BCUT2D eigenvalue weighted by Gasteiger charge is -2.20. The van der Waals surface area contributed by atoms with Crippen molar-refractivity contribution in [2.75, 3.05) is 6.54 Å². The van der Waals surface area contributed by atoms with Crippen molar-refractivity contribution in [2.45, 2.75) is 13.0 Å². The first-order valence-electron chi connectivity index (χ1n) is 5.66. The Bertz CT molecular complexity index is 585. The van der Waals surface area contributed by atoms with E-state index >= 15 is 0 Å². The van der Waals surface area contributed by atoms with Gasteiger partial charge >= 0.3 is 0 Å². The molecule has 0 radical (unpaired) electrons. The van der Waals surface area contributed by atoms with Gasteiger partial charge < -0.3 is 5.32 Å². The van der Waals surface area contributed by atoms with Crippen LogP contribution in [-0.2, 0) is 0 Å².